The van der Waals surface area contributed by atoms with E-state index in [2.05, 4.69) is 40.7 Å². The molecule has 0 N–H and O–H groups in total. The molecule has 0 saturated heterocycles. The zero-order chi connectivity index (χ0) is 20.5. The third-order valence-corrected chi connectivity index (χ3v) is 5.44. The van der Waals surface area contributed by atoms with Crippen molar-refractivity contribution in [3.05, 3.63) is 42.9 Å². The zero-order valence-electron chi connectivity index (χ0n) is 17.1. The molecular formula is C21H25N7O. The highest BCUT2D eigenvalue weighted by Crippen LogP contribution is 2.38. The van der Waals surface area contributed by atoms with Gasteiger partial charge in [0.1, 0.15) is 18.7 Å². The van der Waals surface area contributed by atoms with Crippen molar-refractivity contribution in [1.29, 1.82) is 0 Å². The van der Waals surface area contributed by atoms with Crippen molar-refractivity contribution in [1.82, 2.24) is 24.7 Å². The number of aromatic nitrogens is 5. The van der Waals surface area contributed by atoms with Crippen LogP contribution >= 0.6 is 0 Å². The summed E-state index contributed by atoms with van der Waals surface area (Å²) in [5, 5.41) is 4.36. The molecule has 2 atom stereocenters. The average Bonchev–Trinajstić information content (AvgIpc) is 3.23. The molecule has 8 heteroatoms. The van der Waals surface area contributed by atoms with E-state index in [0.29, 0.717) is 11.8 Å². The van der Waals surface area contributed by atoms with Gasteiger partial charge in [-0.05, 0) is 20.3 Å². The highest BCUT2D eigenvalue weighted by atomic mass is 16.1. The summed E-state index contributed by atoms with van der Waals surface area (Å²) in [6.07, 6.45) is 5.13. The lowest BCUT2D eigenvalue weighted by molar-refractivity contribution is -0.109. The topological polar surface area (TPSA) is 80.0 Å². The first-order chi connectivity index (χ1) is 14.1. The fourth-order valence-electron chi connectivity index (χ4n) is 4.06. The Hall–Kier alpha value is -3.29. The maximum Gasteiger partial charge on any atom is 0.254 e. The van der Waals surface area contributed by atoms with Crippen LogP contribution in [0.4, 0.5) is 11.5 Å². The summed E-state index contributed by atoms with van der Waals surface area (Å²) < 4.78 is 1.65. The highest BCUT2D eigenvalue weighted by Gasteiger charge is 2.39. The Balaban J connectivity index is 1.85. The normalized spacial score (nSPS) is 18.8. The standard InChI is InChI=1S/C21H25N7O/c1-5-16-18(12-29)26(4)17-11-22-21(25-20(17)27(16)14(2)3)28-19(23-13-24-28)15-9-7-6-8-10-15/h6-14,16,18H,5H2,1-4H3. The number of hydrogen-bond acceptors (Lipinski definition) is 7. The predicted molar refractivity (Wildman–Crippen MR) is 112 cm³/mol. The van der Waals surface area contributed by atoms with Crippen LogP contribution < -0.4 is 9.80 Å². The summed E-state index contributed by atoms with van der Waals surface area (Å²) in [7, 11) is 1.92. The molecule has 8 nitrogen and oxygen atoms in total. The van der Waals surface area contributed by atoms with Gasteiger partial charge in [-0.1, -0.05) is 37.3 Å². The van der Waals surface area contributed by atoms with Gasteiger partial charge in [0.2, 0.25) is 0 Å². The van der Waals surface area contributed by atoms with Crippen LogP contribution in [0.1, 0.15) is 27.2 Å². The Morgan fingerprint density at radius 1 is 1.17 bits per heavy atom. The molecule has 150 valence electrons. The van der Waals surface area contributed by atoms with E-state index in [1.165, 1.54) is 6.33 Å². The molecule has 0 saturated carbocycles. The molecule has 2 aromatic heterocycles. The molecule has 1 aliphatic rings. The second-order valence-electron chi connectivity index (χ2n) is 7.45. The quantitative estimate of drug-likeness (QED) is 0.619. The van der Waals surface area contributed by atoms with Gasteiger partial charge in [0.25, 0.3) is 5.95 Å². The summed E-state index contributed by atoms with van der Waals surface area (Å²) in [6.45, 7) is 6.33. The van der Waals surface area contributed by atoms with Gasteiger partial charge in [0.05, 0.1) is 17.9 Å². The number of rotatable bonds is 5. The number of carbonyl (C=O) groups is 1. The number of aldehydes is 1. The van der Waals surface area contributed by atoms with Crippen LogP contribution in [-0.4, -0.2) is 56.2 Å². The fraction of sp³-hybridized carbons (Fsp3) is 0.381. The molecule has 3 aromatic rings. The van der Waals surface area contributed by atoms with Crippen LogP contribution in [0.25, 0.3) is 17.3 Å². The van der Waals surface area contributed by atoms with E-state index in [0.717, 1.165) is 29.8 Å². The summed E-state index contributed by atoms with van der Waals surface area (Å²) in [4.78, 5) is 29.9. The molecule has 3 heterocycles. The molecule has 0 fully saturated rings. The van der Waals surface area contributed by atoms with Crippen LogP contribution in [0.3, 0.4) is 0 Å². The molecule has 1 aliphatic heterocycles. The van der Waals surface area contributed by atoms with E-state index in [-0.39, 0.29) is 18.1 Å². The van der Waals surface area contributed by atoms with Crippen molar-refractivity contribution in [2.24, 2.45) is 0 Å². The Bertz CT molecular complexity index is 1000. The second kappa shape index (κ2) is 7.62. The average molecular weight is 391 g/mol. The molecule has 0 spiro atoms. The first kappa shape index (κ1) is 19.0. The van der Waals surface area contributed by atoms with Crippen LogP contribution in [-0.2, 0) is 4.79 Å². The summed E-state index contributed by atoms with van der Waals surface area (Å²) in [6, 6.07) is 9.83. The van der Waals surface area contributed by atoms with E-state index in [1.54, 1.807) is 10.9 Å². The lowest BCUT2D eigenvalue weighted by Gasteiger charge is -2.47. The van der Waals surface area contributed by atoms with Gasteiger partial charge in [-0.3, -0.25) is 0 Å². The minimum atomic E-state index is -0.240. The number of likely N-dealkylation sites (N-methyl/N-ethyl adjacent to an activating group) is 1. The van der Waals surface area contributed by atoms with Gasteiger partial charge in [0.15, 0.2) is 11.6 Å². The smallest absolute Gasteiger partial charge is 0.254 e. The highest BCUT2D eigenvalue weighted by molar-refractivity contribution is 5.79. The lowest BCUT2D eigenvalue weighted by atomic mass is 9.98. The van der Waals surface area contributed by atoms with Gasteiger partial charge in [-0.25, -0.2) is 9.97 Å². The lowest BCUT2D eigenvalue weighted by Crippen LogP contribution is -2.58. The van der Waals surface area contributed by atoms with Crippen LogP contribution in [0.5, 0.6) is 0 Å². The van der Waals surface area contributed by atoms with E-state index in [4.69, 9.17) is 4.98 Å². The number of carbonyl (C=O) groups excluding carboxylic acids is 1. The molecule has 29 heavy (non-hydrogen) atoms. The Morgan fingerprint density at radius 3 is 2.59 bits per heavy atom. The first-order valence-electron chi connectivity index (χ1n) is 9.86. The number of anilines is 2. The molecule has 1 aromatic carbocycles. The van der Waals surface area contributed by atoms with Gasteiger partial charge in [0, 0.05) is 18.7 Å². The summed E-state index contributed by atoms with van der Waals surface area (Å²) in [5.74, 6) is 1.95. The van der Waals surface area contributed by atoms with Gasteiger partial charge < -0.3 is 14.6 Å². The largest absolute Gasteiger partial charge is 0.359 e. The molecule has 4 rings (SSSR count). The Labute approximate surface area is 170 Å². The van der Waals surface area contributed by atoms with Crippen LogP contribution in [0.15, 0.2) is 42.9 Å². The number of fused-ring (bicyclic) bond motifs is 1. The molecule has 0 aliphatic carbocycles. The van der Waals surface area contributed by atoms with Crippen molar-refractivity contribution in [3.8, 4) is 17.3 Å². The first-order valence-corrected chi connectivity index (χ1v) is 9.86. The molecule has 0 radical (unpaired) electrons. The third kappa shape index (κ3) is 3.14. The number of benzene rings is 1. The van der Waals surface area contributed by atoms with Crippen molar-refractivity contribution in [2.45, 2.75) is 45.3 Å². The van der Waals surface area contributed by atoms with Gasteiger partial charge in [-0.15, -0.1) is 0 Å². The van der Waals surface area contributed by atoms with Crippen LogP contribution in [0.2, 0.25) is 0 Å². The van der Waals surface area contributed by atoms with E-state index < -0.39 is 0 Å². The molecular weight excluding hydrogens is 366 g/mol. The van der Waals surface area contributed by atoms with Crippen molar-refractivity contribution in [2.75, 3.05) is 16.8 Å². The van der Waals surface area contributed by atoms with Crippen molar-refractivity contribution in [3.63, 3.8) is 0 Å². The second-order valence-corrected chi connectivity index (χ2v) is 7.45. The van der Waals surface area contributed by atoms with Crippen molar-refractivity contribution >= 4 is 17.8 Å². The monoisotopic (exact) mass is 391 g/mol. The maximum atomic E-state index is 11.8. The predicted octanol–water partition coefficient (Wildman–Crippen LogP) is 2.74. The third-order valence-electron chi connectivity index (χ3n) is 5.44. The SMILES string of the molecule is CCC1C(C=O)N(C)c2cnc(-n3ncnc3-c3ccccc3)nc2N1C(C)C. The molecule has 2 unspecified atom stereocenters. The number of nitrogens with zero attached hydrogens (tertiary/aromatic N) is 7. The van der Waals surface area contributed by atoms with Gasteiger partial charge >= 0.3 is 0 Å². The number of hydrogen-bond donors (Lipinski definition) is 0. The van der Waals surface area contributed by atoms with Crippen LogP contribution in [0, 0.1) is 0 Å². The fourth-order valence-corrected chi connectivity index (χ4v) is 4.06. The van der Waals surface area contributed by atoms with E-state index in [1.807, 2.05) is 42.3 Å². The van der Waals surface area contributed by atoms with Crippen molar-refractivity contribution < 1.29 is 4.79 Å². The Kier molecular flexibility index (Phi) is 5.00. The Morgan fingerprint density at radius 2 is 1.93 bits per heavy atom. The summed E-state index contributed by atoms with van der Waals surface area (Å²) >= 11 is 0. The van der Waals surface area contributed by atoms with Gasteiger partial charge in [-0.2, -0.15) is 14.8 Å². The minimum Gasteiger partial charge on any atom is -0.359 e. The molecule has 0 bridgehead atoms. The molecule has 0 amide bonds. The summed E-state index contributed by atoms with van der Waals surface area (Å²) in [5.41, 5.74) is 1.78. The maximum absolute atomic E-state index is 11.8. The zero-order valence-corrected chi connectivity index (χ0v) is 17.1. The van der Waals surface area contributed by atoms with E-state index >= 15 is 0 Å². The minimum absolute atomic E-state index is 0.0390. The van der Waals surface area contributed by atoms with E-state index in [9.17, 15) is 4.79 Å².